The number of ketones is 1. The SMILES string of the molecule is O=C(CN1CCn2ccnc2C1)c1cc(F)ccc1F. The van der Waals surface area contributed by atoms with Crippen LogP contribution in [0.1, 0.15) is 16.2 Å². The molecule has 3 rings (SSSR count). The molecule has 0 fully saturated rings. The third-order valence-electron chi connectivity index (χ3n) is 3.42. The Hall–Kier alpha value is -2.08. The maximum Gasteiger partial charge on any atom is 0.179 e. The molecule has 0 saturated heterocycles. The van der Waals surface area contributed by atoms with Crippen molar-refractivity contribution >= 4 is 5.78 Å². The van der Waals surface area contributed by atoms with Crippen LogP contribution in [-0.2, 0) is 13.1 Å². The third kappa shape index (κ3) is 2.46. The van der Waals surface area contributed by atoms with E-state index in [1.54, 1.807) is 6.20 Å². The van der Waals surface area contributed by atoms with E-state index < -0.39 is 17.4 Å². The van der Waals surface area contributed by atoms with Crippen LogP contribution in [-0.4, -0.2) is 33.3 Å². The second-order valence-corrected chi connectivity index (χ2v) is 4.79. The first kappa shape index (κ1) is 12.9. The summed E-state index contributed by atoms with van der Waals surface area (Å²) in [6.07, 6.45) is 3.60. The van der Waals surface area contributed by atoms with Gasteiger partial charge in [0, 0.05) is 25.5 Å². The van der Waals surface area contributed by atoms with Crippen LogP contribution in [0, 0.1) is 11.6 Å². The van der Waals surface area contributed by atoms with Gasteiger partial charge in [-0.3, -0.25) is 9.69 Å². The predicted molar refractivity (Wildman–Crippen MR) is 68.2 cm³/mol. The van der Waals surface area contributed by atoms with Gasteiger partial charge in [-0.2, -0.15) is 0 Å². The van der Waals surface area contributed by atoms with Crippen molar-refractivity contribution in [1.29, 1.82) is 0 Å². The Kier molecular flexibility index (Phi) is 3.31. The molecule has 2 heterocycles. The van der Waals surface area contributed by atoms with Crippen LogP contribution in [0.2, 0.25) is 0 Å². The van der Waals surface area contributed by atoms with Crippen molar-refractivity contribution in [3.05, 3.63) is 53.6 Å². The molecule has 0 aliphatic carbocycles. The van der Waals surface area contributed by atoms with Crippen molar-refractivity contribution < 1.29 is 13.6 Å². The first-order valence-electron chi connectivity index (χ1n) is 6.34. The molecule has 104 valence electrons. The number of imidazole rings is 1. The highest BCUT2D eigenvalue weighted by Gasteiger charge is 2.21. The molecule has 0 spiro atoms. The molecule has 1 aromatic heterocycles. The molecule has 0 amide bonds. The van der Waals surface area contributed by atoms with Gasteiger partial charge in [0.05, 0.1) is 18.7 Å². The number of rotatable bonds is 3. The molecule has 2 aromatic rings. The van der Waals surface area contributed by atoms with E-state index in [-0.39, 0.29) is 12.1 Å². The lowest BCUT2D eigenvalue weighted by Crippen LogP contribution is -2.37. The number of hydrogen-bond donors (Lipinski definition) is 0. The van der Waals surface area contributed by atoms with Crippen LogP contribution in [0.3, 0.4) is 0 Å². The topological polar surface area (TPSA) is 38.1 Å². The average Bonchev–Trinajstić information content (AvgIpc) is 2.89. The highest BCUT2D eigenvalue weighted by atomic mass is 19.1. The van der Waals surface area contributed by atoms with Gasteiger partial charge in [0.2, 0.25) is 0 Å². The Bertz CT molecular complexity index is 654. The molecule has 0 saturated carbocycles. The molecule has 6 heteroatoms. The quantitative estimate of drug-likeness (QED) is 0.804. The Morgan fingerprint density at radius 2 is 2.15 bits per heavy atom. The maximum absolute atomic E-state index is 13.5. The summed E-state index contributed by atoms with van der Waals surface area (Å²) in [5.41, 5.74) is -0.195. The second-order valence-electron chi connectivity index (χ2n) is 4.79. The monoisotopic (exact) mass is 277 g/mol. The van der Waals surface area contributed by atoms with E-state index in [0.717, 1.165) is 30.6 Å². The summed E-state index contributed by atoms with van der Waals surface area (Å²) >= 11 is 0. The van der Waals surface area contributed by atoms with Gasteiger partial charge < -0.3 is 4.57 Å². The Labute approximate surface area is 114 Å². The summed E-state index contributed by atoms with van der Waals surface area (Å²) in [7, 11) is 0. The third-order valence-corrected chi connectivity index (χ3v) is 3.42. The summed E-state index contributed by atoms with van der Waals surface area (Å²) in [5, 5.41) is 0. The Morgan fingerprint density at radius 3 is 3.00 bits per heavy atom. The normalized spacial score (nSPS) is 15.1. The zero-order valence-corrected chi connectivity index (χ0v) is 10.7. The van der Waals surface area contributed by atoms with Crippen molar-refractivity contribution in [2.24, 2.45) is 0 Å². The Balaban J connectivity index is 1.72. The average molecular weight is 277 g/mol. The molecule has 4 nitrogen and oxygen atoms in total. The highest BCUT2D eigenvalue weighted by molar-refractivity contribution is 5.97. The fourth-order valence-corrected chi connectivity index (χ4v) is 2.36. The van der Waals surface area contributed by atoms with Crippen LogP contribution in [0.4, 0.5) is 8.78 Å². The smallest absolute Gasteiger partial charge is 0.179 e. The van der Waals surface area contributed by atoms with Crippen LogP contribution in [0.15, 0.2) is 30.6 Å². The highest BCUT2D eigenvalue weighted by Crippen LogP contribution is 2.14. The summed E-state index contributed by atoms with van der Waals surface area (Å²) < 4.78 is 28.7. The summed E-state index contributed by atoms with van der Waals surface area (Å²) in [6.45, 7) is 2.03. The van der Waals surface area contributed by atoms with Crippen LogP contribution in [0.25, 0.3) is 0 Å². The number of fused-ring (bicyclic) bond motifs is 1. The van der Waals surface area contributed by atoms with E-state index >= 15 is 0 Å². The Morgan fingerprint density at radius 1 is 1.30 bits per heavy atom. The van der Waals surface area contributed by atoms with E-state index in [2.05, 4.69) is 4.98 Å². The molecule has 1 aromatic carbocycles. The van der Waals surface area contributed by atoms with Gasteiger partial charge in [-0.05, 0) is 18.2 Å². The van der Waals surface area contributed by atoms with E-state index in [0.29, 0.717) is 13.1 Å². The minimum Gasteiger partial charge on any atom is -0.333 e. The number of carbonyl (C=O) groups excluding carboxylic acids is 1. The van der Waals surface area contributed by atoms with Crippen LogP contribution in [0.5, 0.6) is 0 Å². The maximum atomic E-state index is 13.5. The summed E-state index contributed by atoms with van der Waals surface area (Å²) in [4.78, 5) is 18.1. The molecule has 0 radical (unpaired) electrons. The van der Waals surface area contributed by atoms with E-state index in [4.69, 9.17) is 0 Å². The standard InChI is InChI=1S/C14H13F2N3O/c15-10-1-2-12(16)11(7-10)13(20)8-18-5-6-19-4-3-17-14(19)9-18/h1-4,7H,5-6,8-9H2. The van der Waals surface area contributed by atoms with Gasteiger partial charge >= 0.3 is 0 Å². The lowest BCUT2D eigenvalue weighted by Gasteiger charge is -2.26. The number of halogens is 2. The van der Waals surface area contributed by atoms with Gasteiger partial charge in [0.25, 0.3) is 0 Å². The van der Waals surface area contributed by atoms with Crippen molar-refractivity contribution in [3.8, 4) is 0 Å². The first-order chi connectivity index (χ1) is 9.63. The number of nitrogens with zero attached hydrogens (tertiary/aromatic N) is 3. The van der Waals surface area contributed by atoms with E-state index in [1.165, 1.54) is 0 Å². The van der Waals surface area contributed by atoms with Gasteiger partial charge in [-0.15, -0.1) is 0 Å². The number of hydrogen-bond acceptors (Lipinski definition) is 3. The minimum atomic E-state index is -0.685. The fourth-order valence-electron chi connectivity index (χ4n) is 2.36. The number of aromatic nitrogens is 2. The van der Waals surface area contributed by atoms with Gasteiger partial charge in [0.15, 0.2) is 5.78 Å². The van der Waals surface area contributed by atoms with Crippen molar-refractivity contribution in [3.63, 3.8) is 0 Å². The molecule has 1 aliphatic rings. The molecule has 0 bridgehead atoms. The van der Waals surface area contributed by atoms with Crippen LogP contribution >= 0.6 is 0 Å². The molecule has 1 aliphatic heterocycles. The summed E-state index contributed by atoms with van der Waals surface area (Å²) in [6, 6.07) is 2.93. The van der Waals surface area contributed by atoms with Crippen molar-refractivity contribution in [2.45, 2.75) is 13.1 Å². The molecular weight excluding hydrogens is 264 g/mol. The summed E-state index contributed by atoms with van der Waals surface area (Å²) in [5.74, 6) is -0.829. The minimum absolute atomic E-state index is 0.0627. The second kappa shape index (κ2) is 5.13. The zero-order chi connectivity index (χ0) is 14.1. The molecule has 0 unspecified atom stereocenters. The molecule has 0 atom stereocenters. The lowest BCUT2D eigenvalue weighted by atomic mass is 10.1. The lowest BCUT2D eigenvalue weighted by molar-refractivity contribution is 0.0903. The molecule has 20 heavy (non-hydrogen) atoms. The fraction of sp³-hybridized carbons (Fsp3) is 0.286. The number of benzene rings is 1. The predicted octanol–water partition coefficient (Wildman–Crippen LogP) is 1.86. The van der Waals surface area contributed by atoms with Gasteiger partial charge in [-0.1, -0.05) is 0 Å². The number of Topliss-reactive ketones (excluding diaryl/α,β-unsaturated/α-hetero) is 1. The van der Waals surface area contributed by atoms with Crippen molar-refractivity contribution in [1.82, 2.24) is 14.5 Å². The van der Waals surface area contributed by atoms with E-state index in [9.17, 15) is 13.6 Å². The number of carbonyl (C=O) groups is 1. The van der Waals surface area contributed by atoms with E-state index in [1.807, 2.05) is 15.7 Å². The zero-order valence-electron chi connectivity index (χ0n) is 10.7. The molecule has 0 N–H and O–H groups in total. The van der Waals surface area contributed by atoms with Crippen molar-refractivity contribution in [2.75, 3.05) is 13.1 Å². The largest absolute Gasteiger partial charge is 0.333 e. The van der Waals surface area contributed by atoms with Gasteiger partial charge in [-0.25, -0.2) is 13.8 Å². The molecular formula is C14H13F2N3O. The van der Waals surface area contributed by atoms with Crippen LogP contribution < -0.4 is 0 Å². The first-order valence-corrected chi connectivity index (χ1v) is 6.34. The van der Waals surface area contributed by atoms with Gasteiger partial charge in [0.1, 0.15) is 17.5 Å².